The van der Waals surface area contributed by atoms with Crippen molar-refractivity contribution in [3.8, 4) is 39.9 Å². The number of aromatic nitrogens is 2. The number of hydrogen-bond acceptors (Lipinski definition) is 5. The average molecular weight is 493 g/mol. The third-order valence-corrected chi connectivity index (χ3v) is 5.76. The lowest BCUT2D eigenvalue weighted by atomic mass is 9.98. The van der Waals surface area contributed by atoms with Crippen LogP contribution >= 0.6 is 11.6 Å². The van der Waals surface area contributed by atoms with Gasteiger partial charge in [0.05, 0.1) is 0 Å². The van der Waals surface area contributed by atoms with Crippen LogP contribution in [0.5, 0.6) is 0 Å². The number of amides is 1. The van der Waals surface area contributed by atoms with E-state index in [0.29, 0.717) is 27.7 Å². The highest BCUT2D eigenvalue weighted by Gasteiger charge is 2.25. The van der Waals surface area contributed by atoms with Crippen LogP contribution in [0.1, 0.15) is 15.9 Å². The van der Waals surface area contributed by atoms with E-state index in [1.807, 2.05) is 60.7 Å². The van der Waals surface area contributed by atoms with Gasteiger partial charge in [-0.05, 0) is 29.8 Å². The van der Waals surface area contributed by atoms with Crippen molar-refractivity contribution in [1.82, 2.24) is 9.97 Å². The van der Waals surface area contributed by atoms with Gasteiger partial charge < -0.3 is 9.40 Å². The Morgan fingerprint density at radius 1 is 0.917 bits per heavy atom. The number of nitrogens with one attached hydrogen (secondary N) is 2. The van der Waals surface area contributed by atoms with Crippen molar-refractivity contribution in [3.05, 3.63) is 118 Å². The predicted molar refractivity (Wildman–Crippen MR) is 138 cm³/mol. The largest absolute Gasteiger partial charge is 0.438 e. The zero-order valence-corrected chi connectivity index (χ0v) is 19.4. The first-order valence-electron chi connectivity index (χ1n) is 10.9. The van der Waals surface area contributed by atoms with Crippen molar-refractivity contribution in [2.75, 3.05) is 5.32 Å². The lowest BCUT2D eigenvalue weighted by Gasteiger charge is -2.04. The molecule has 174 valence electrons. The number of rotatable bonds is 5. The first-order chi connectivity index (χ1) is 17.5. The molecule has 0 unspecified atom stereocenters. The summed E-state index contributed by atoms with van der Waals surface area (Å²) in [5.74, 6) is -0.0855. The second-order valence-electron chi connectivity index (χ2n) is 7.79. The van der Waals surface area contributed by atoms with Gasteiger partial charge in [0.15, 0.2) is 0 Å². The minimum atomic E-state index is -0.754. The Morgan fingerprint density at radius 3 is 2.17 bits per heavy atom. The van der Waals surface area contributed by atoms with Crippen molar-refractivity contribution in [2.24, 2.45) is 0 Å². The fraction of sp³-hybridized carbons (Fsp3) is 0. The van der Waals surface area contributed by atoms with Gasteiger partial charge in [0.2, 0.25) is 5.88 Å². The molecule has 0 aliphatic rings. The molecule has 3 aromatic carbocycles. The molecule has 0 bridgehead atoms. The molecular weight excluding hydrogens is 476 g/mol. The highest BCUT2D eigenvalue weighted by molar-refractivity contribution is 6.30. The molecule has 36 heavy (non-hydrogen) atoms. The monoisotopic (exact) mass is 492 g/mol. The highest BCUT2D eigenvalue weighted by Crippen LogP contribution is 2.41. The third kappa shape index (κ3) is 4.41. The van der Waals surface area contributed by atoms with E-state index >= 15 is 0 Å². The normalized spacial score (nSPS) is 10.6. The summed E-state index contributed by atoms with van der Waals surface area (Å²) >= 11 is 5.91. The molecule has 0 aliphatic carbocycles. The van der Waals surface area contributed by atoms with Crippen LogP contribution < -0.4 is 10.9 Å². The molecule has 2 heterocycles. The maximum absolute atomic E-state index is 13.0. The Hall–Kier alpha value is -4.93. The van der Waals surface area contributed by atoms with E-state index in [4.69, 9.17) is 16.0 Å². The van der Waals surface area contributed by atoms with Gasteiger partial charge in [0, 0.05) is 27.9 Å². The lowest BCUT2D eigenvalue weighted by molar-refractivity contribution is 0.102. The Bertz CT molecular complexity index is 1650. The van der Waals surface area contributed by atoms with Crippen molar-refractivity contribution in [2.45, 2.75) is 0 Å². The molecule has 0 atom stereocenters. The van der Waals surface area contributed by atoms with Crippen molar-refractivity contribution < 1.29 is 9.21 Å². The van der Waals surface area contributed by atoms with Crippen LogP contribution in [0.2, 0.25) is 5.02 Å². The number of hydrogen-bond donors (Lipinski definition) is 2. The number of nitrogens with zero attached hydrogens (tertiary/aromatic N) is 2. The van der Waals surface area contributed by atoms with E-state index in [9.17, 15) is 14.9 Å². The van der Waals surface area contributed by atoms with E-state index in [1.165, 1.54) is 6.20 Å². The first kappa shape index (κ1) is 22.8. The number of furan rings is 1. The van der Waals surface area contributed by atoms with Crippen LogP contribution in [-0.4, -0.2) is 15.9 Å². The molecule has 0 saturated carbocycles. The number of anilines is 1. The van der Waals surface area contributed by atoms with Gasteiger partial charge in [-0.25, -0.2) is 4.98 Å². The quantitative estimate of drug-likeness (QED) is 0.306. The number of aromatic amines is 1. The van der Waals surface area contributed by atoms with E-state index in [0.717, 1.165) is 11.1 Å². The van der Waals surface area contributed by atoms with Crippen LogP contribution in [0.4, 0.5) is 5.88 Å². The molecule has 5 aromatic rings. The molecular formula is C28H17ClN4O3. The number of benzene rings is 3. The fourth-order valence-electron chi connectivity index (χ4n) is 3.78. The number of halogens is 1. The van der Waals surface area contributed by atoms with Gasteiger partial charge in [-0.3, -0.25) is 14.9 Å². The second kappa shape index (κ2) is 9.74. The fourth-order valence-corrected chi connectivity index (χ4v) is 3.91. The molecule has 5 rings (SSSR count). The maximum atomic E-state index is 13.0. The zero-order chi connectivity index (χ0) is 25.1. The highest BCUT2D eigenvalue weighted by atomic mass is 35.5. The van der Waals surface area contributed by atoms with E-state index in [1.54, 1.807) is 24.3 Å². The Morgan fingerprint density at radius 2 is 1.56 bits per heavy atom. The number of carbonyl (C=O) groups excluding carboxylic acids is 1. The summed E-state index contributed by atoms with van der Waals surface area (Å²) in [5.41, 5.74) is 1.96. The van der Waals surface area contributed by atoms with Crippen LogP contribution in [-0.2, 0) is 0 Å². The summed E-state index contributed by atoms with van der Waals surface area (Å²) in [6.07, 6.45) is 1.18. The van der Waals surface area contributed by atoms with Crippen molar-refractivity contribution in [3.63, 3.8) is 0 Å². The Labute approximate surface area is 210 Å². The van der Waals surface area contributed by atoms with Crippen LogP contribution in [0, 0.1) is 11.3 Å². The third-order valence-electron chi connectivity index (χ3n) is 5.51. The molecule has 2 aromatic heterocycles. The minimum Gasteiger partial charge on any atom is -0.438 e. The van der Waals surface area contributed by atoms with Crippen molar-refractivity contribution >= 4 is 23.4 Å². The van der Waals surface area contributed by atoms with E-state index in [2.05, 4.69) is 21.4 Å². The summed E-state index contributed by atoms with van der Waals surface area (Å²) in [7, 11) is 0. The number of carbonyl (C=O) groups is 1. The van der Waals surface area contributed by atoms with Gasteiger partial charge in [-0.15, -0.1) is 0 Å². The molecule has 2 N–H and O–H groups in total. The molecule has 0 spiro atoms. The summed E-state index contributed by atoms with van der Waals surface area (Å²) in [6, 6.07) is 27.5. The van der Waals surface area contributed by atoms with Gasteiger partial charge in [-0.1, -0.05) is 72.3 Å². The summed E-state index contributed by atoms with van der Waals surface area (Å²) < 4.78 is 6.01. The summed E-state index contributed by atoms with van der Waals surface area (Å²) in [4.78, 5) is 32.6. The van der Waals surface area contributed by atoms with Gasteiger partial charge in [0.25, 0.3) is 11.5 Å². The molecule has 1 amide bonds. The number of H-pyrrole nitrogens is 1. The SMILES string of the molecule is N#Cc1c(NC(=O)c2cnc(-c3ccc(Cl)cc3)[nH]c2=O)oc(-c2ccccc2)c1-c1ccccc1. The maximum Gasteiger partial charge on any atom is 0.265 e. The lowest BCUT2D eigenvalue weighted by Crippen LogP contribution is -2.24. The van der Waals surface area contributed by atoms with Crippen LogP contribution in [0.25, 0.3) is 33.8 Å². The molecule has 0 fully saturated rings. The standard InChI is InChI=1S/C28H17ClN4O3/c29-20-13-11-19(12-14-20)25-31-16-22(26(34)32-25)27(35)33-28-21(15-30)23(17-7-3-1-4-8-17)24(36-28)18-9-5-2-6-10-18/h1-14,16H,(H,33,35)(H,31,32,34). The van der Waals surface area contributed by atoms with E-state index < -0.39 is 11.5 Å². The smallest absolute Gasteiger partial charge is 0.265 e. The topological polar surface area (TPSA) is 112 Å². The number of nitriles is 1. The summed E-state index contributed by atoms with van der Waals surface area (Å²) in [6.45, 7) is 0. The minimum absolute atomic E-state index is 0.0543. The molecule has 0 radical (unpaired) electrons. The average Bonchev–Trinajstić information content (AvgIpc) is 3.28. The predicted octanol–water partition coefficient (Wildman–Crippen LogP) is 6.14. The van der Waals surface area contributed by atoms with E-state index in [-0.39, 0.29) is 17.0 Å². The van der Waals surface area contributed by atoms with Gasteiger partial charge in [-0.2, -0.15) is 5.26 Å². The van der Waals surface area contributed by atoms with Gasteiger partial charge in [0.1, 0.15) is 28.8 Å². The molecule has 7 nitrogen and oxygen atoms in total. The van der Waals surface area contributed by atoms with Crippen molar-refractivity contribution in [1.29, 1.82) is 5.26 Å². The zero-order valence-electron chi connectivity index (χ0n) is 18.7. The Balaban J connectivity index is 1.53. The molecule has 8 heteroatoms. The second-order valence-corrected chi connectivity index (χ2v) is 8.23. The first-order valence-corrected chi connectivity index (χ1v) is 11.3. The van der Waals surface area contributed by atoms with Crippen LogP contribution in [0.15, 0.2) is 100 Å². The van der Waals surface area contributed by atoms with Gasteiger partial charge >= 0.3 is 0 Å². The summed E-state index contributed by atoms with van der Waals surface area (Å²) in [5, 5.41) is 13.1. The van der Waals surface area contributed by atoms with Crippen LogP contribution in [0.3, 0.4) is 0 Å². The molecule has 0 aliphatic heterocycles. The molecule has 0 saturated heterocycles. The Kier molecular flexibility index (Phi) is 6.18.